The normalized spacial score (nSPS) is 19.4. The molecule has 1 aromatic rings. The van der Waals surface area contributed by atoms with E-state index in [1.165, 1.54) is 0 Å². The fraction of sp³-hybridized carbons (Fsp3) is 0.600. The second kappa shape index (κ2) is 8.48. The largest absolute Gasteiger partial charge is 0.355 e. The number of piperidine rings is 1. The maximum atomic E-state index is 12.7. The maximum Gasteiger partial charge on any atom is 0.239 e. The van der Waals surface area contributed by atoms with Gasteiger partial charge in [0, 0.05) is 25.0 Å². The molecule has 0 aromatic heterocycles. The number of carbonyl (C=O) groups is 2. The molecule has 2 amide bonds. The van der Waals surface area contributed by atoms with E-state index in [-0.39, 0.29) is 17.2 Å². The summed E-state index contributed by atoms with van der Waals surface area (Å²) in [7, 11) is 0. The molecule has 138 valence electrons. The zero-order chi connectivity index (χ0) is 18.4. The van der Waals surface area contributed by atoms with E-state index in [1.807, 2.05) is 56.0 Å². The summed E-state index contributed by atoms with van der Waals surface area (Å²) in [5.74, 6) is 0.361. The minimum Gasteiger partial charge on any atom is -0.355 e. The third-order valence-electron chi connectivity index (χ3n) is 4.68. The lowest BCUT2D eigenvalue weighted by atomic mass is 9.93. The molecule has 1 fully saturated rings. The smallest absolute Gasteiger partial charge is 0.239 e. The summed E-state index contributed by atoms with van der Waals surface area (Å²) < 4.78 is 0. The van der Waals surface area contributed by atoms with Crippen LogP contribution in [0.2, 0.25) is 0 Å². The summed E-state index contributed by atoms with van der Waals surface area (Å²) >= 11 is 0. The molecule has 2 atom stereocenters. The highest BCUT2D eigenvalue weighted by Crippen LogP contribution is 2.18. The highest BCUT2D eigenvalue weighted by atomic mass is 16.2. The van der Waals surface area contributed by atoms with Crippen LogP contribution in [0.15, 0.2) is 30.3 Å². The van der Waals surface area contributed by atoms with Gasteiger partial charge in [0.15, 0.2) is 0 Å². The van der Waals surface area contributed by atoms with Gasteiger partial charge in [-0.05, 0) is 30.7 Å². The van der Waals surface area contributed by atoms with E-state index in [1.54, 1.807) is 0 Å². The molecular formula is C20H31N3O2. The van der Waals surface area contributed by atoms with Crippen LogP contribution in [0.4, 0.5) is 0 Å². The number of carbonyl (C=O) groups excluding carboxylic acids is 2. The van der Waals surface area contributed by atoms with Crippen molar-refractivity contribution in [3.05, 3.63) is 35.9 Å². The molecular weight excluding hydrogens is 314 g/mol. The number of nitrogens with two attached hydrogens (primary N) is 1. The zero-order valence-electron chi connectivity index (χ0n) is 15.6. The van der Waals surface area contributed by atoms with Crippen LogP contribution in [-0.4, -0.2) is 42.4 Å². The molecule has 5 heteroatoms. The fourth-order valence-corrected chi connectivity index (χ4v) is 3.12. The number of rotatable bonds is 5. The number of likely N-dealkylation sites (tertiary alicyclic amines) is 1. The van der Waals surface area contributed by atoms with Crippen LogP contribution in [0, 0.1) is 11.3 Å². The molecule has 0 radical (unpaired) electrons. The standard InChI is InChI=1S/C20H31N3O2/c1-20(2,3)19(25)22-13-16-10-7-11-23(14-16)18(24)17(21)12-15-8-5-4-6-9-15/h4-6,8-9,16-17H,7,10-14,21H2,1-3H3,(H,22,25)/t16?,17-/m0/s1. The highest BCUT2D eigenvalue weighted by molar-refractivity contribution is 5.82. The van der Waals surface area contributed by atoms with Crippen molar-refractivity contribution in [2.24, 2.45) is 17.1 Å². The molecule has 1 unspecified atom stereocenters. The van der Waals surface area contributed by atoms with Gasteiger partial charge in [0.25, 0.3) is 0 Å². The Morgan fingerprint density at radius 3 is 2.60 bits per heavy atom. The van der Waals surface area contributed by atoms with E-state index in [0.717, 1.165) is 24.9 Å². The van der Waals surface area contributed by atoms with Gasteiger partial charge in [-0.25, -0.2) is 0 Å². The molecule has 2 rings (SSSR count). The molecule has 0 aliphatic carbocycles. The van der Waals surface area contributed by atoms with Crippen molar-refractivity contribution in [3.63, 3.8) is 0 Å². The van der Waals surface area contributed by atoms with Crippen LogP contribution in [0.25, 0.3) is 0 Å². The number of hydrogen-bond acceptors (Lipinski definition) is 3. The van der Waals surface area contributed by atoms with E-state index in [9.17, 15) is 9.59 Å². The monoisotopic (exact) mass is 345 g/mol. The van der Waals surface area contributed by atoms with Crippen LogP contribution < -0.4 is 11.1 Å². The van der Waals surface area contributed by atoms with Crippen LogP contribution >= 0.6 is 0 Å². The third-order valence-corrected chi connectivity index (χ3v) is 4.68. The average molecular weight is 345 g/mol. The van der Waals surface area contributed by atoms with Gasteiger partial charge in [0.2, 0.25) is 11.8 Å². The number of hydrogen-bond donors (Lipinski definition) is 2. The summed E-state index contributed by atoms with van der Waals surface area (Å²) in [5.41, 5.74) is 6.84. The number of amides is 2. The van der Waals surface area contributed by atoms with Gasteiger partial charge in [-0.1, -0.05) is 51.1 Å². The molecule has 0 spiro atoms. The SMILES string of the molecule is CC(C)(C)C(=O)NCC1CCCN(C(=O)[C@@H](N)Cc2ccccc2)C1. The Balaban J connectivity index is 1.85. The lowest BCUT2D eigenvalue weighted by Gasteiger charge is -2.34. The van der Waals surface area contributed by atoms with Crippen LogP contribution in [0.3, 0.4) is 0 Å². The zero-order valence-corrected chi connectivity index (χ0v) is 15.6. The van der Waals surface area contributed by atoms with Crippen molar-refractivity contribution < 1.29 is 9.59 Å². The van der Waals surface area contributed by atoms with E-state index < -0.39 is 6.04 Å². The lowest BCUT2D eigenvalue weighted by molar-refractivity contribution is -0.134. The quantitative estimate of drug-likeness (QED) is 0.856. The van der Waals surface area contributed by atoms with Gasteiger partial charge in [-0.2, -0.15) is 0 Å². The van der Waals surface area contributed by atoms with Gasteiger partial charge in [-0.3, -0.25) is 9.59 Å². The topological polar surface area (TPSA) is 75.4 Å². The van der Waals surface area contributed by atoms with Crippen molar-refractivity contribution in [1.82, 2.24) is 10.2 Å². The second-order valence-corrected chi connectivity index (χ2v) is 8.05. The average Bonchev–Trinajstić information content (AvgIpc) is 2.59. The first-order valence-corrected chi connectivity index (χ1v) is 9.14. The molecule has 3 N–H and O–H groups in total. The minimum absolute atomic E-state index is 0.00991. The Kier molecular flexibility index (Phi) is 6.59. The van der Waals surface area contributed by atoms with Crippen molar-refractivity contribution in [1.29, 1.82) is 0 Å². The van der Waals surface area contributed by atoms with Gasteiger partial charge in [0.05, 0.1) is 6.04 Å². The summed E-state index contributed by atoms with van der Waals surface area (Å²) in [6.07, 6.45) is 2.55. The molecule has 1 aliphatic rings. The third kappa shape index (κ3) is 5.85. The van der Waals surface area contributed by atoms with E-state index in [0.29, 0.717) is 25.4 Å². The highest BCUT2D eigenvalue weighted by Gasteiger charge is 2.28. The summed E-state index contributed by atoms with van der Waals surface area (Å²) in [5, 5.41) is 3.01. The van der Waals surface area contributed by atoms with Gasteiger partial charge < -0.3 is 16.0 Å². The summed E-state index contributed by atoms with van der Waals surface area (Å²) in [6.45, 7) is 7.76. The van der Waals surface area contributed by atoms with Gasteiger partial charge >= 0.3 is 0 Å². The first-order valence-electron chi connectivity index (χ1n) is 9.14. The van der Waals surface area contributed by atoms with Crippen LogP contribution in [0.1, 0.15) is 39.2 Å². The number of nitrogens with zero attached hydrogens (tertiary/aromatic N) is 1. The summed E-state index contributed by atoms with van der Waals surface area (Å²) in [6, 6.07) is 9.36. The Labute approximate surface area is 151 Å². The van der Waals surface area contributed by atoms with Crippen molar-refractivity contribution in [2.45, 2.75) is 46.1 Å². The van der Waals surface area contributed by atoms with Crippen LogP contribution in [-0.2, 0) is 16.0 Å². The predicted octanol–water partition coefficient (Wildman–Crippen LogP) is 1.96. The molecule has 1 aromatic carbocycles. The van der Waals surface area contributed by atoms with Crippen molar-refractivity contribution in [3.8, 4) is 0 Å². The molecule has 5 nitrogen and oxygen atoms in total. The Hall–Kier alpha value is -1.88. The number of benzene rings is 1. The van der Waals surface area contributed by atoms with E-state index in [4.69, 9.17) is 5.73 Å². The Bertz CT molecular complexity index is 580. The first-order chi connectivity index (χ1) is 11.8. The van der Waals surface area contributed by atoms with Crippen molar-refractivity contribution in [2.75, 3.05) is 19.6 Å². The fourth-order valence-electron chi connectivity index (χ4n) is 3.12. The van der Waals surface area contributed by atoms with Gasteiger partial charge in [-0.15, -0.1) is 0 Å². The lowest BCUT2D eigenvalue weighted by Crippen LogP contribution is -2.50. The number of nitrogens with one attached hydrogen (secondary N) is 1. The van der Waals surface area contributed by atoms with E-state index >= 15 is 0 Å². The minimum atomic E-state index is -0.509. The second-order valence-electron chi connectivity index (χ2n) is 8.05. The molecule has 1 heterocycles. The molecule has 1 saturated heterocycles. The van der Waals surface area contributed by atoms with Crippen LogP contribution in [0.5, 0.6) is 0 Å². The maximum absolute atomic E-state index is 12.7. The summed E-state index contributed by atoms with van der Waals surface area (Å²) in [4.78, 5) is 26.5. The van der Waals surface area contributed by atoms with E-state index in [2.05, 4.69) is 5.32 Å². The Morgan fingerprint density at radius 2 is 1.96 bits per heavy atom. The van der Waals surface area contributed by atoms with Gasteiger partial charge in [0.1, 0.15) is 0 Å². The molecule has 25 heavy (non-hydrogen) atoms. The Morgan fingerprint density at radius 1 is 1.28 bits per heavy atom. The first kappa shape index (κ1) is 19.4. The molecule has 0 saturated carbocycles. The van der Waals surface area contributed by atoms with Crippen molar-refractivity contribution >= 4 is 11.8 Å². The molecule has 0 bridgehead atoms. The predicted molar refractivity (Wildman–Crippen MR) is 99.9 cm³/mol. The molecule has 1 aliphatic heterocycles.